The molecule has 0 radical (unpaired) electrons. The Hall–Kier alpha value is -2.15. The maximum atomic E-state index is 12.4. The van der Waals surface area contributed by atoms with E-state index in [0.717, 1.165) is 21.1 Å². The van der Waals surface area contributed by atoms with Crippen LogP contribution in [0.3, 0.4) is 0 Å². The van der Waals surface area contributed by atoms with Crippen LogP contribution in [0.2, 0.25) is 0 Å². The summed E-state index contributed by atoms with van der Waals surface area (Å²) in [6.07, 6.45) is 3.25. The summed E-state index contributed by atoms with van der Waals surface area (Å²) in [5.74, 6) is -0.396. The molecule has 0 bridgehead atoms. The third kappa shape index (κ3) is 6.42. The molecule has 0 unspecified atom stereocenters. The lowest BCUT2D eigenvalue weighted by Crippen LogP contribution is -2.25. The number of rotatable bonds is 8. The lowest BCUT2D eigenvalue weighted by atomic mass is 10.1. The minimum atomic E-state index is -0.518. The SMILES string of the molecule is CCCCNC(=O)/C(C#N)=C/c1ccc(OC(=O)c2cc(Br)c(Br)s2)c(OC)c1. The van der Waals surface area contributed by atoms with Crippen molar-refractivity contribution in [2.45, 2.75) is 19.8 Å². The molecule has 0 saturated carbocycles. The molecule has 0 aliphatic heterocycles. The van der Waals surface area contributed by atoms with Crippen molar-refractivity contribution >= 4 is 61.1 Å². The molecule has 0 atom stereocenters. The van der Waals surface area contributed by atoms with Gasteiger partial charge in [0.25, 0.3) is 5.91 Å². The topological polar surface area (TPSA) is 88.4 Å². The Morgan fingerprint density at radius 2 is 2.03 bits per heavy atom. The average molecular weight is 542 g/mol. The first-order valence-electron chi connectivity index (χ1n) is 8.64. The summed E-state index contributed by atoms with van der Waals surface area (Å²) in [4.78, 5) is 24.9. The van der Waals surface area contributed by atoms with E-state index in [1.807, 2.05) is 13.0 Å². The van der Waals surface area contributed by atoms with Crippen LogP contribution in [0.1, 0.15) is 35.0 Å². The highest BCUT2D eigenvalue weighted by molar-refractivity contribution is 9.13. The zero-order valence-corrected chi connectivity index (χ0v) is 19.7. The molecule has 0 saturated heterocycles. The molecule has 0 aliphatic carbocycles. The first-order valence-corrected chi connectivity index (χ1v) is 11.0. The number of nitrogens with one attached hydrogen (secondary N) is 1. The highest BCUT2D eigenvalue weighted by Gasteiger charge is 2.17. The van der Waals surface area contributed by atoms with Gasteiger partial charge in [0.05, 0.1) is 10.9 Å². The van der Waals surface area contributed by atoms with Crippen LogP contribution in [0.15, 0.2) is 38.1 Å². The lowest BCUT2D eigenvalue weighted by Gasteiger charge is -2.09. The first kappa shape index (κ1) is 23.1. The van der Waals surface area contributed by atoms with Gasteiger partial charge in [0.2, 0.25) is 0 Å². The number of thiophene rings is 1. The molecule has 29 heavy (non-hydrogen) atoms. The zero-order valence-electron chi connectivity index (χ0n) is 15.8. The quantitative estimate of drug-likeness (QED) is 0.160. The van der Waals surface area contributed by atoms with E-state index in [2.05, 4.69) is 37.2 Å². The van der Waals surface area contributed by atoms with Crippen LogP contribution >= 0.6 is 43.2 Å². The van der Waals surface area contributed by atoms with Gasteiger partial charge in [-0.15, -0.1) is 11.3 Å². The number of ether oxygens (including phenoxy) is 2. The molecule has 1 amide bonds. The molecule has 9 heteroatoms. The second-order valence-corrected chi connectivity index (χ2v) is 9.04. The number of nitrogens with zero attached hydrogens (tertiary/aromatic N) is 1. The summed E-state index contributed by atoms with van der Waals surface area (Å²) in [6.45, 7) is 2.53. The van der Waals surface area contributed by atoms with E-state index in [4.69, 9.17) is 9.47 Å². The van der Waals surface area contributed by atoms with Gasteiger partial charge in [0, 0.05) is 11.0 Å². The van der Waals surface area contributed by atoms with Crippen molar-refractivity contribution in [2.75, 3.05) is 13.7 Å². The predicted octanol–water partition coefficient (Wildman–Crippen LogP) is 5.32. The van der Waals surface area contributed by atoms with Gasteiger partial charge in [0.1, 0.15) is 16.5 Å². The number of esters is 1. The van der Waals surface area contributed by atoms with Gasteiger partial charge >= 0.3 is 5.97 Å². The van der Waals surface area contributed by atoms with Crippen LogP contribution in [0.5, 0.6) is 11.5 Å². The second kappa shape index (κ2) is 11.1. The third-order valence-corrected chi connectivity index (χ3v) is 6.96. The Morgan fingerprint density at radius 3 is 2.62 bits per heavy atom. The van der Waals surface area contributed by atoms with Crippen LogP contribution in [0, 0.1) is 11.3 Å². The van der Waals surface area contributed by atoms with Crippen LogP contribution in [-0.4, -0.2) is 25.5 Å². The molecule has 0 fully saturated rings. The Morgan fingerprint density at radius 1 is 1.28 bits per heavy atom. The highest BCUT2D eigenvalue weighted by atomic mass is 79.9. The smallest absolute Gasteiger partial charge is 0.353 e. The Bertz CT molecular complexity index is 960. The van der Waals surface area contributed by atoms with E-state index < -0.39 is 11.9 Å². The van der Waals surface area contributed by atoms with E-state index >= 15 is 0 Å². The second-order valence-electron chi connectivity index (χ2n) is 5.81. The predicted molar refractivity (Wildman–Crippen MR) is 119 cm³/mol. The molecule has 0 spiro atoms. The van der Waals surface area contributed by atoms with Crippen molar-refractivity contribution in [3.8, 4) is 17.6 Å². The summed E-state index contributed by atoms with van der Waals surface area (Å²) in [5.41, 5.74) is 0.562. The normalized spacial score (nSPS) is 10.9. The van der Waals surface area contributed by atoms with Gasteiger partial charge in [-0.2, -0.15) is 5.26 Å². The number of amides is 1. The molecule has 152 valence electrons. The summed E-state index contributed by atoms with van der Waals surface area (Å²) < 4.78 is 12.3. The summed E-state index contributed by atoms with van der Waals surface area (Å²) in [5, 5.41) is 12.0. The Labute approximate surface area is 189 Å². The monoisotopic (exact) mass is 540 g/mol. The maximum absolute atomic E-state index is 12.4. The molecule has 2 aromatic rings. The fourth-order valence-corrected chi connectivity index (χ4v) is 4.16. The lowest BCUT2D eigenvalue weighted by molar-refractivity contribution is -0.117. The number of halogens is 2. The minimum Gasteiger partial charge on any atom is -0.493 e. The third-order valence-electron chi connectivity index (χ3n) is 3.73. The number of carbonyl (C=O) groups excluding carboxylic acids is 2. The van der Waals surface area contributed by atoms with E-state index in [1.54, 1.807) is 24.3 Å². The van der Waals surface area contributed by atoms with Crippen LogP contribution < -0.4 is 14.8 Å². The maximum Gasteiger partial charge on any atom is 0.353 e. The van der Waals surface area contributed by atoms with Crippen LogP contribution in [-0.2, 0) is 4.79 Å². The fourth-order valence-electron chi connectivity index (χ4n) is 2.24. The average Bonchev–Trinajstić information content (AvgIpc) is 3.05. The summed E-state index contributed by atoms with van der Waals surface area (Å²) in [7, 11) is 1.45. The zero-order chi connectivity index (χ0) is 21.4. The summed E-state index contributed by atoms with van der Waals surface area (Å²) in [6, 6.07) is 8.37. The number of nitriles is 1. The van der Waals surface area contributed by atoms with E-state index in [-0.39, 0.29) is 11.3 Å². The van der Waals surface area contributed by atoms with Gasteiger partial charge in [-0.3, -0.25) is 4.79 Å². The molecule has 1 aromatic carbocycles. The van der Waals surface area contributed by atoms with Gasteiger partial charge in [0.15, 0.2) is 11.5 Å². The van der Waals surface area contributed by atoms with E-state index in [9.17, 15) is 14.9 Å². The van der Waals surface area contributed by atoms with Gasteiger partial charge < -0.3 is 14.8 Å². The number of carbonyl (C=O) groups is 2. The molecule has 1 heterocycles. The van der Waals surface area contributed by atoms with Crippen LogP contribution in [0.25, 0.3) is 6.08 Å². The number of unbranched alkanes of at least 4 members (excludes halogenated alkanes) is 1. The highest BCUT2D eigenvalue weighted by Crippen LogP contribution is 2.34. The minimum absolute atomic E-state index is 0.0128. The van der Waals surface area contributed by atoms with Crippen LogP contribution in [0.4, 0.5) is 0 Å². The van der Waals surface area contributed by atoms with E-state index in [0.29, 0.717) is 22.7 Å². The summed E-state index contributed by atoms with van der Waals surface area (Å²) >= 11 is 7.92. The first-order chi connectivity index (χ1) is 13.9. The van der Waals surface area contributed by atoms with Crippen molar-refractivity contribution in [1.29, 1.82) is 5.26 Å². The number of methoxy groups -OCH3 is 1. The molecular formula is C20H18Br2N2O4S. The van der Waals surface area contributed by atoms with Gasteiger partial charge in [-0.25, -0.2) is 4.79 Å². The molecule has 6 nitrogen and oxygen atoms in total. The van der Waals surface area contributed by atoms with Crippen molar-refractivity contribution in [2.24, 2.45) is 0 Å². The number of hydrogen-bond acceptors (Lipinski definition) is 6. The van der Waals surface area contributed by atoms with Crippen molar-refractivity contribution in [3.05, 3.63) is 48.5 Å². The fraction of sp³-hybridized carbons (Fsp3) is 0.250. The molecular weight excluding hydrogens is 524 g/mol. The molecule has 1 aromatic heterocycles. The number of benzene rings is 1. The van der Waals surface area contributed by atoms with Crippen molar-refractivity contribution < 1.29 is 19.1 Å². The Balaban J connectivity index is 2.19. The van der Waals surface area contributed by atoms with Crippen molar-refractivity contribution in [1.82, 2.24) is 5.32 Å². The Kier molecular flexibility index (Phi) is 8.89. The largest absolute Gasteiger partial charge is 0.493 e. The van der Waals surface area contributed by atoms with Crippen molar-refractivity contribution in [3.63, 3.8) is 0 Å². The number of hydrogen-bond donors (Lipinski definition) is 1. The standard InChI is InChI=1S/C20H18Br2N2O4S/c1-3-4-7-24-19(25)13(11-23)8-12-5-6-15(16(9-12)27-2)28-20(26)17-10-14(21)18(22)29-17/h5-6,8-10H,3-4,7H2,1-2H3,(H,24,25)/b13-8+. The molecule has 1 N–H and O–H groups in total. The van der Waals surface area contributed by atoms with Gasteiger partial charge in [-0.05, 0) is 68.1 Å². The van der Waals surface area contributed by atoms with Gasteiger partial charge in [-0.1, -0.05) is 19.4 Å². The molecule has 0 aliphatic rings. The van der Waals surface area contributed by atoms with E-state index in [1.165, 1.54) is 24.5 Å². The molecule has 2 rings (SSSR count).